The van der Waals surface area contributed by atoms with Gasteiger partial charge in [-0.15, -0.1) is 0 Å². The van der Waals surface area contributed by atoms with Crippen molar-refractivity contribution in [2.45, 2.75) is 52.1 Å². The molecule has 0 amide bonds. The molecule has 0 aromatic heterocycles. The molecule has 1 aliphatic rings. The highest BCUT2D eigenvalue weighted by atomic mass is 15.2. The van der Waals surface area contributed by atoms with E-state index in [9.17, 15) is 0 Å². The summed E-state index contributed by atoms with van der Waals surface area (Å²) in [5, 5.41) is 3.56. The molecule has 0 aliphatic carbocycles. The first kappa shape index (κ1) is 14.9. The van der Waals surface area contributed by atoms with Crippen molar-refractivity contribution >= 4 is 0 Å². The molecular weight excluding hydrogens is 210 g/mol. The minimum absolute atomic E-state index is 0.242. The van der Waals surface area contributed by atoms with Crippen molar-refractivity contribution in [2.75, 3.05) is 39.8 Å². The van der Waals surface area contributed by atoms with Gasteiger partial charge in [-0.3, -0.25) is 0 Å². The Hall–Kier alpha value is -0.120. The lowest BCUT2D eigenvalue weighted by atomic mass is 10.0. The topological polar surface area (TPSA) is 18.5 Å². The molecule has 0 aromatic rings. The van der Waals surface area contributed by atoms with E-state index in [1.54, 1.807) is 0 Å². The van der Waals surface area contributed by atoms with Gasteiger partial charge in [0.25, 0.3) is 0 Å². The highest BCUT2D eigenvalue weighted by Crippen LogP contribution is 2.14. The second-order valence-corrected chi connectivity index (χ2v) is 6.32. The van der Waals surface area contributed by atoms with Gasteiger partial charge in [0, 0.05) is 24.7 Å². The van der Waals surface area contributed by atoms with E-state index in [0.717, 1.165) is 19.1 Å². The predicted molar refractivity (Wildman–Crippen MR) is 75.5 cm³/mol. The van der Waals surface area contributed by atoms with Crippen molar-refractivity contribution in [3.63, 3.8) is 0 Å². The summed E-state index contributed by atoms with van der Waals surface area (Å²) in [5.74, 6) is 0. The molecule has 1 fully saturated rings. The zero-order valence-electron chi connectivity index (χ0n) is 12.4. The Morgan fingerprint density at radius 1 is 1.24 bits per heavy atom. The molecule has 1 heterocycles. The molecule has 3 heteroatoms. The maximum atomic E-state index is 3.56. The lowest BCUT2D eigenvalue weighted by Crippen LogP contribution is -2.46. The van der Waals surface area contributed by atoms with Crippen LogP contribution in [0.3, 0.4) is 0 Å². The highest BCUT2D eigenvalue weighted by Gasteiger charge is 2.21. The fourth-order valence-electron chi connectivity index (χ4n) is 2.47. The number of likely N-dealkylation sites (tertiary alicyclic amines) is 1. The van der Waals surface area contributed by atoms with Crippen LogP contribution in [0.2, 0.25) is 0 Å². The number of likely N-dealkylation sites (N-methyl/N-ethyl adjacent to an activating group) is 1. The molecule has 0 atom stereocenters. The number of rotatable bonds is 5. The predicted octanol–water partition coefficient (Wildman–Crippen LogP) is 1.79. The summed E-state index contributed by atoms with van der Waals surface area (Å²) in [4.78, 5) is 5.09. The van der Waals surface area contributed by atoms with Gasteiger partial charge < -0.3 is 15.1 Å². The smallest absolute Gasteiger partial charge is 0.0117 e. The van der Waals surface area contributed by atoms with Crippen LogP contribution in [0.25, 0.3) is 0 Å². The molecule has 0 unspecified atom stereocenters. The zero-order valence-corrected chi connectivity index (χ0v) is 12.4. The molecule has 17 heavy (non-hydrogen) atoms. The molecule has 1 saturated heterocycles. The number of hydrogen-bond donors (Lipinski definition) is 1. The second kappa shape index (κ2) is 6.72. The number of nitrogens with one attached hydrogen (secondary N) is 1. The summed E-state index contributed by atoms with van der Waals surface area (Å²) in [6, 6.07) is 0.791. The summed E-state index contributed by atoms with van der Waals surface area (Å²) in [7, 11) is 2.27. The van der Waals surface area contributed by atoms with E-state index in [-0.39, 0.29) is 5.54 Å². The van der Waals surface area contributed by atoms with E-state index >= 15 is 0 Å². The largest absolute Gasteiger partial charge is 0.311 e. The fourth-order valence-corrected chi connectivity index (χ4v) is 2.47. The standard InChI is InChI=1S/C14H31N3/c1-6-17-10-7-13(8-11-17)16(5)12-9-15-14(2,3)4/h13,15H,6-12H2,1-5H3. The Kier molecular flexibility index (Phi) is 5.90. The maximum absolute atomic E-state index is 3.56. The Labute approximate surface area is 108 Å². The monoisotopic (exact) mass is 241 g/mol. The number of piperidine rings is 1. The molecule has 3 nitrogen and oxygen atoms in total. The van der Waals surface area contributed by atoms with Crippen molar-refractivity contribution in [1.82, 2.24) is 15.1 Å². The Bertz CT molecular complexity index is 202. The minimum Gasteiger partial charge on any atom is -0.311 e. The molecule has 0 saturated carbocycles. The van der Waals surface area contributed by atoms with Gasteiger partial charge in [-0.1, -0.05) is 6.92 Å². The van der Waals surface area contributed by atoms with Crippen molar-refractivity contribution < 1.29 is 0 Å². The third-order valence-corrected chi connectivity index (χ3v) is 3.75. The van der Waals surface area contributed by atoms with Crippen molar-refractivity contribution in [1.29, 1.82) is 0 Å². The van der Waals surface area contributed by atoms with Gasteiger partial charge in [-0.2, -0.15) is 0 Å². The molecular formula is C14H31N3. The third-order valence-electron chi connectivity index (χ3n) is 3.75. The number of hydrogen-bond acceptors (Lipinski definition) is 3. The fraction of sp³-hybridized carbons (Fsp3) is 1.00. The van der Waals surface area contributed by atoms with Crippen LogP contribution in [0, 0.1) is 0 Å². The SMILES string of the molecule is CCN1CCC(N(C)CCNC(C)(C)C)CC1. The van der Waals surface area contributed by atoms with Gasteiger partial charge in [0.05, 0.1) is 0 Å². The molecule has 1 N–H and O–H groups in total. The van der Waals surface area contributed by atoms with Crippen molar-refractivity contribution in [3.05, 3.63) is 0 Å². The summed E-state index contributed by atoms with van der Waals surface area (Å²) >= 11 is 0. The van der Waals surface area contributed by atoms with Gasteiger partial charge >= 0.3 is 0 Å². The molecule has 0 radical (unpaired) electrons. The summed E-state index contributed by atoms with van der Waals surface area (Å²) < 4.78 is 0. The normalized spacial score (nSPS) is 20.1. The molecule has 102 valence electrons. The third kappa shape index (κ3) is 5.84. The average Bonchev–Trinajstić information content (AvgIpc) is 2.27. The second-order valence-electron chi connectivity index (χ2n) is 6.32. The highest BCUT2D eigenvalue weighted by molar-refractivity contribution is 4.79. The molecule has 1 rings (SSSR count). The summed E-state index contributed by atoms with van der Waals surface area (Å²) in [5.41, 5.74) is 0.242. The van der Waals surface area contributed by atoms with E-state index in [0.29, 0.717) is 0 Å². The zero-order chi connectivity index (χ0) is 12.9. The van der Waals surface area contributed by atoms with E-state index in [1.807, 2.05) is 0 Å². The van der Waals surface area contributed by atoms with E-state index in [2.05, 4.69) is 49.9 Å². The van der Waals surface area contributed by atoms with Gasteiger partial charge in [-0.25, -0.2) is 0 Å². The quantitative estimate of drug-likeness (QED) is 0.792. The molecule has 0 spiro atoms. The van der Waals surface area contributed by atoms with Gasteiger partial charge in [0.1, 0.15) is 0 Å². The van der Waals surface area contributed by atoms with Crippen LogP contribution in [0.1, 0.15) is 40.5 Å². The first-order valence-electron chi connectivity index (χ1n) is 7.10. The first-order valence-corrected chi connectivity index (χ1v) is 7.10. The van der Waals surface area contributed by atoms with E-state index in [4.69, 9.17) is 0 Å². The van der Waals surface area contributed by atoms with Crippen LogP contribution in [-0.2, 0) is 0 Å². The molecule has 1 aliphatic heterocycles. The van der Waals surface area contributed by atoms with Crippen LogP contribution in [0.4, 0.5) is 0 Å². The van der Waals surface area contributed by atoms with Crippen LogP contribution in [0.15, 0.2) is 0 Å². The Morgan fingerprint density at radius 3 is 2.29 bits per heavy atom. The number of nitrogens with zero attached hydrogens (tertiary/aromatic N) is 2. The summed E-state index contributed by atoms with van der Waals surface area (Å²) in [6.45, 7) is 15.0. The van der Waals surface area contributed by atoms with Crippen LogP contribution >= 0.6 is 0 Å². The van der Waals surface area contributed by atoms with E-state index < -0.39 is 0 Å². The minimum atomic E-state index is 0.242. The lowest BCUT2D eigenvalue weighted by Gasteiger charge is -2.36. The molecule has 0 aromatic carbocycles. The lowest BCUT2D eigenvalue weighted by molar-refractivity contribution is 0.130. The Morgan fingerprint density at radius 2 is 1.82 bits per heavy atom. The van der Waals surface area contributed by atoms with Crippen molar-refractivity contribution in [2.24, 2.45) is 0 Å². The van der Waals surface area contributed by atoms with Gasteiger partial charge in [0.2, 0.25) is 0 Å². The maximum Gasteiger partial charge on any atom is 0.0117 e. The van der Waals surface area contributed by atoms with E-state index in [1.165, 1.54) is 32.5 Å². The van der Waals surface area contributed by atoms with Crippen LogP contribution < -0.4 is 5.32 Å². The summed E-state index contributed by atoms with van der Waals surface area (Å²) in [6.07, 6.45) is 2.67. The average molecular weight is 241 g/mol. The first-order chi connectivity index (χ1) is 7.92. The van der Waals surface area contributed by atoms with Gasteiger partial charge in [-0.05, 0) is 60.3 Å². The van der Waals surface area contributed by atoms with Crippen LogP contribution in [0.5, 0.6) is 0 Å². The van der Waals surface area contributed by atoms with Crippen LogP contribution in [-0.4, -0.2) is 61.2 Å². The molecule has 0 bridgehead atoms. The van der Waals surface area contributed by atoms with Gasteiger partial charge in [0.15, 0.2) is 0 Å². The van der Waals surface area contributed by atoms with Crippen molar-refractivity contribution in [3.8, 4) is 0 Å². The Balaban J connectivity index is 2.18.